The zero-order chi connectivity index (χ0) is 21.5. The fourth-order valence-electron chi connectivity index (χ4n) is 4.23. The van der Waals surface area contributed by atoms with Crippen LogP contribution in [0.3, 0.4) is 0 Å². The van der Waals surface area contributed by atoms with Crippen LogP contribution < -0.4 is 11.1 Å². The summed E-state index contributed by atoms with van der Waals surface area (Å²) < 4.78 is 0. The molecule has 154 valence electrons. The van der Waals surface area contributed by atoms with E-state index >= 15 is 0 Å². The van der Waals surface area contributed by atoms with Crippen molar-refractivity contribution in [2.45, 2.75) is 25.4 Å². The van der Waals surface area contributed by atoms with E-state index in [0.29, 0.717) is 30.0 Å². The molecule has 5 rings (SSSR count). The maximum atomic E-state index is 12.9. The number of aromatic nitrogens is 1. The van der Waals surface area contributed by atoms with Gasteiger partial charge in [0.05, 0.1) is 5.69 Å². The number of carbonyl (C=O) groups excluding carboxylic acids is 3. The third-order valence-electron chi connectivity index (χ3n) is 5.77. The fraction of sp³-hybridized carbons (Fsp3) is 0.167. The molecule has 1 saturated heterocycles. The first-order valence-corrected chi connectivity index (χ1v) is 10.1. The number of imide groups is 1. The highest BCUT2D eigenvalue weighted by molar-refractivity contribution is 6.05. The second-order valence-electron chi connectivity index (χ2n) is 7.80. The van der Waals surface area contributed by atoms with Gasteiger partial charge in [-0.3, -0.25) is 19.7 Å². The Bertz CT molecular complexity index is 1220. The van der Waals surface area contributed by atoms with E-state index in [2.05, 4.69) is 10.3 Å². The van der Waals surface area contributed by atoms with Gasteiger partial charge in [0.25, 0.3) is 5.91 Å². The molecule has 0 spiro atoms. The van der Waals surface area contributed by atoms with Gasteiger partial charge in [0, 0.05) is 24.1 Å². The molecule has 31 heavy (non-hydrogen) atoms. The number of piperidine rings is 1. The number of anilines is 1. The van der Waals surface area contributed by atoms with Crippen LogP contribution in [0.2, 0.25) is 0 Å². The summed E-state index contributed by atoms with van der Waals surface area (Å²) in [4.78, 5) is 42.6. The number of rotatable bonds is 3. The van der Waals surface area contributed by atoms with E-state index in [0.717, 1.165) is 22.3 Å². The minimum atomic E-state index is -0.628. The van der Waals surface area contributed by atoms with Crippen molar-refractivity contribution >= 4 is 23.5 Å². The normalized spacial score (nSPS) is 18.1. The maximum absolute atomic E-state index is 12.9. The van der Waals surface area contributed by atoms with E-state index in [9.17, 15) is 14.4 Å². The number of hydrogen-bond acceptors (Lipinski definition) is 5. The first-order valence-electron chi connectivity index (χ1n) is 10.1. The molecular formula is C24H20N4O3. The molecule has 3 heterocycles. The summed E-state index contributed by atoms with van der Waals surface area (Å²) in [5.41, 5.74) is 11.0. The van der Waals surface area contributed by atoms with Gasteiger partial charge in [-0.15, -0.1) is 0 Å². The molecule has 2 aliphatic heterocycles. The Morgan fingerprint density at radius 3 is 2.52 bits per heavy atom. The molecule has 2 aliphatic rings. The van der Waals surface area contributed by atoms with Gasteiger partial charge in [-0.25, -0.2) is 4.98 Å². The molecule has 1 aromatic heterocycles. The van der Waals surface area contributed by atoms with Gasteiger partial charge in [0.2, 0.25) is 11.8 Å². The number of nitrogen functional groups attached to an aromatic ring is 1. The smallest absolute Gasteiger partial charge is 0.255 e. The summed E-state index contributed by atoms with van der Waals surface area (Å²) in [6.07, 6.45) is 0.575. The molecule has 0 aliphatic carbocycles. The second-order valence-corrected chi connectivity index (χ2v) is 7.80. The molecule has 2 aromatic carbocycles. The first kappa shape index (κ1) is 19.0. The summed E-state index contributed by atoms with van der Waals surface area (Å²) in [6.45, 7) is 0.322. The van der Waals surface area contributed by atoms with Crippen molar-refractivity contribution in [3.63, 3.8) is 0 Å². The molecule has 1 fully saturated rings. The Kier molecular flexibility index (Phi) is 4.51. The van der Waals surface area contributed by atoms with Crippen LogP contribution in [0.5, 0.6) is 0 Å². The molecule has 3 aromatic rings. The minimum absolute atomic E-state index is 0.193. The Labute approximate surface area is 178 Å². The SMILES string of the molecule is Nc1cc(-c2ccccc2)cc(-c2ccc3c(c2)CN(C2CCC(=O)NC2=O)C3=O)n1. The Hall–Kier alpha value is -4.00. The highest BCUT2D eigenvalue weighted by Crippen LogP contribution is 2.32. The zero-order valence-corrected chi connectivity index (χ0v) is 16.7. The fourth-order valence-corrected chi connectivity index (χ4v) is 4.23. The number of nitrogens with one attached hydrogen (secondary N) is 1. The van der Waals surface area contributed by atoms with Gasteiger partial charge in [-0.05, 0) is 47.4 Å². The van der Waals surface area contributed by atoms with E-state index in [-0.39, 0.29) is 18.2 Å². The van der Waals surface area contributed by atoms with Crippen molar-refractivity contribution in [3.05, 3.63) is 71.8 Å². The maximum Gasteiger partial charge on any atom is 0.255 e. The molecule has 1 atom stereocenters. The monoisotopic (exact) mass is 412 g/mol. The van der Waals surface area contributed by atoms with Gasteiger partial charge >= 0.3 is 0 Å². The van der Waals surface area contributed by atoms with Crippen molar-refractivity contribution in [3.8, 4) is 22.4 Å². The quantitative estimate of drug-likeness (QED) is 0.644. The van der Waals surface area contributed by atoms with Gasteiger partial charge in [-0.2, -0.15) is 0 Å². The van der Waals surface area contributed by atoms with E-state index in [1.807, 2.05) is 54.6 Å². The lowest BCUT2D eigenvalue weighted by Crippen LogP contribution is -2.52. The summed E-state index contributed by atoms with van der Waals surface area (Å²) in [5, 5.41) is 2.32. The Morgan fingerprint density at radius 2 is 1.74 bits per heavy atom. The summed E-state index contributed by atoms with van der Waals surface area (Å²) in [6, 6.07) is 18.6. The Morgan fingerprint density at radius 1 is 0.935 bits per heavy atom. The van der Waals surface area contributed by atoms with Crippen LogP contribution >= 0.6 is 0 Å². The van der Waals surface area contributed by atoms with Crippen LogP contribution in [0, 0.1) is 0 Å². The van der Waals surface area contributed by atoms with Crippen LogP contribution in [-0.4, -0.2) is 33.6 Å². The third-order valence-corrected chi connectivity index (χ3v) is 5.77. The van der Waals surface area contributed by atoms with E-state index < -0.39 is 11.9 Å². The molecule has 3 amide bonds. The largest absolute Gasteiger partial charge is 0.384 e. The average Bonchev–Trinajstić information content (AvgIpc) is 3.09. The molecule has 1 unspecified atom stereocenters. The standard InChI is InChI=1S/C24H20N4O3/c25-21-12-16(14-4-2-1-3-5-14)11-19(26-21)15-6-7-18-17(10-15)13-28(24(18)31)20-8-9-22(29)27-23(20)30/h1-7,10-12,20H,8-9,13H2,(H2,25,26)(H,27,29,30). The van der Waals surface area contributed by atoms with Gasteiger partial charge in [0.15, 0.2) is 0 Å². The van der Waals surface area contributed by atoms with Crippen LogP contribution in [-0.2, 0) is 16.1 Å². The van der Waals surface area contributed by atoms with Crippen LogP contribution in [0.15, 0.2) is 60.7 Å². The third kappa shape index (κ3) is 3.44. The predicted molar refractivity (Wildman–Crippen MR) is 116 cm³/mol. The van der Waals surface area contributed by atoms with Crippen molar-refractivity contribution in [1.29, 1.82) is 0 Å². The number of carbonyl (C=O) groups is 3. The van der Waals surface area contributed by atoms with Gasteiger partial charge in [0.1, 0.15) is 11.9 Å². The van der Waals surface area contributed by atoms with E-state index in [4.69, 9.17) is 5.73 Å². The number of fused-ring (bicyclic) bond motifs is 1. The van der Waals surface area contributed by atoms with Crippen LogP contribution in [0.4, 0.5) is 5.82 Å². The second kappa shape index (κ2) is 7.36. The Balaban J connectivity index is 1.47. The molecule has 0 saturated carbocycles. The lowest BCUT2D eigenvalue weighted by Gasteiger charge is -2.29. The lowest BCUT2D eigenvalue weighted by atomic mass is 10.0. The van der Waals surface area contributed by atoms with Gasteiger partial charge < -0.3 is 10.6 Å². The van der Waals surface area contributed by atoms with Crippen molar-refractivity contribution in [2.24, 2.45) is 0 Å². The molecule has 3 N–H and O–H groups in total. The van der Waals surface area contributed by atoms with E-state index in [1.165, 1.54) is 0 Å². The minimum Gasteiger partial charge on any atom is -0.384 e. The zero-order valence-electron chi connectivity index (χ0n) is 16.7. The molecule has 0 radical (unpaired) electrons. The molecule has 0 bridgehead atoms. The number of hydrogen-bond donors (Lipinski definition) is 2. The van der Waals surface area contributed by atoms with Crippen molar-refractivity contribution < 1.29 is 14.4 Å². The van der Waals surface area contributed by atoms with Crippen molar-refractivity contribution in [2.75, 3.05) is 5.73 Å². The average molecular weight is 412 g/mol. The summed E-state index contributed by atoms with van der Waals surface area (Å²) in [5.74, 6) is -0.489. The topological polar surface area (TPSA) is 105 Å². The highest BCUT2D eigenvalue weighted by atomic mass is 16.2. The number of pyridine rings is 1. The van der Waals surface area contributed by atoms with Gasteiger partial charge in [-0.1, -0.05) is 36.4 Å². The number of benzene rings is 2. The van der Waals surface area contributed by atoms with Crippen LogP contribution in [0.25, 0.3) is 22.4 Å². The van der Waals surface area contributed by atoms with Crippen LogP contribution in [0.1, 0.15) is 28.8 Å². The molecule has 7 heteroatoms. The highest BCUT2D eigenvalue weighted by Gasteiger charge is 2.39. The van der Waals surface area contributed by atoms with E-state index in [1.54, 1.807) is 11.0 Å². The molecular weight excluding hydrogens is 392 g/mol. The molecule has 7 nitrogen and oxygen atoms in total. The predicted octanol–water partition coefficient (Wildman–Crippen LogP) is 2.76. The first-order chi connectivity index (χ1) is 15.0. The summed E-state index contributed by atoms with van der Waals surface area (Å²) in [7, 11) is 0. The number of nitrogens with two attached hydrogens (primary N) is 1. The summed E-state index contributed by atoms with van der Waals surface area (Å²) >= 11 is 0. The number of nitrogens with zero attached hydrogens (tertiary/aromatic N) is 2. The number of amides is 3. The van der Waals surface area contributed by atoms with Crippen molar-refractivity contribution in [1.82, 2.24) is 15.2 Å². The lowest BCUT2D eigenvalue weighted by molar-refractivity contribution is -0.136.